The van der Waals surface area contributed by atoms with Gasteiger partial charge in [0, 0.05) is 16.5 Å². The van der Waals surface area contributed by atoms with Crippen molar-refractivity contribution in [2.24, 2.45) is 5.41 Å². The molecular formula is C13H23NO6P+. The van der Waals surface area contributed by atoms with E-state index in [4.69, 9.17) is 13.8 Å². The lowest BCUT2D eigenvalue weighted by atomic mass is 9.87. The van der Waals surface area contributed by atoms with Crippen molar-refractivity contribution in [3.63, 3.8) is 0 Å². The predicted octanol–water partition coefficient (Wildman–Crippen LogP) is 1.93. The van der Waals surface area contributed by atoms with Gasteiger partial charge in [0.1, 0.15) is 12.2 Å². The smallest absolute Gasteiger partial charge is 0.460 e. The quantitative estimate of drug-likeness (QED) is 0.629. The average Bonchev–Trinajstić information content (AvgIpc) is 2.29. The highest BCUT2D eigenvalue weighted by atomic mass is 31.1. The summed E-state index contributed by atoms with van der Waals surface area (Å²) in [7, 11) is -2.27. The zero-order valence-electron chi connectivity index (χ0n) is 13.1. The van der Waals surface area contributed by atoms with Crippen molar-refractivity contribution in [1.29, 1.82) is 0 Å². The second-order valence-electron chi connectivity index (χ2n) is 6.60. The molecule has 1 saturated heterocycles. The highest BCUT2D eigenvalue weighted by Crippen LogP contribution is 2.41. The SMILES string of the molecule is CC(C)(C)OC(=O)CCNC(=O)[C@@H]1O[P+](=O)OCC1(C)C. The van der Waals surface area contributed by atoms with Gasteiger partial charge in [0.15, 0.2) is 0 Å². The summed E-state index contributed by atoms with van der Waals surface area (Å²) in [6.45, 7) is 9.21. The van der Waals surface area contributed by atoms with Crippen molar-refractivity contribution in [3.05, 3.63) is 0 Å². The van der Waals surface area contributed by atoms with Crippen molar-refractivity contribution in [2.45, 2.75) is 52.7 Å². The Balaban J connectivity index is 2.43. The summed E-state index contributed by atoms with van der Waals surface area (Å²) >= 11 is 0. The van der Waals surface area contributed by atoms with Crippen LogP contribution in [-0.2, 0) is 27.9 Å². The topological polar surface area (TPSA) is 90.9 Å². The largest absolute Gasteiger partial charge is 0.698 e. The summed E-state index contributed by atoms with van der Waals surface area (Å²) < 4.78 is 26.4. The number of nitrogens with one attached hydrogen (secondary N) is 1. The van der Waals surface area contributed by atoms with E-state index in [0.29, 0.717) is 0 Å². The van der Waals surface area contributed by atoms with Crippen LogP contribution in [0, 0.1) is 5.41 Å². The summed E-state index contributed by atoms with van der Waals surface area (Å²) in [5, 5.41) is 2.60. The first-order valence-electron chi connectivity index (χ1n) is 6.78. The Bertz CT molecular complexity index is 429. The number of ether oxygens (including phenoxy) is 1. The summed E-state index contributed by atoms with van der Waals surface area (Å²) in [5.74, 6) is -0.795. The van der Waals surface area contributed by atoms with Crippen LogP contribution in [0.3, 0.4) is 0 Å². The van der Waals surface area contributed by atoms with Gasteiger partial charge in [-0.3, -0.25) is 9.59 Å². The number of carbonyl (C=O) groups excluding carboxylic acids is 2. The van der Waals surface area contributed by atoms with E-state index >= 15 is 0 Å². The van der Waals surface area contributed by atoms with Crippen LogP contribution in [0.1, 0.15) is 41.0 Å². The Morgan fingerprint density at radius 3 is 2.57 bits per heavy atom. The molecule has 0 aromatic heterocycles. The summed E-state index contributed by atoms with van der Waals surface area (Å²) in [5.41, 5.74) is -1.13. The minimum absolute atomic E-state index is 0.0682. The van der Waals surface area contributed by atoms with Gasteiger partial charge < -0.3 is 10.1 Å². The molecule has 1 amide bonds. The van der Waals surface area contributed by atoms with E-state index in [0.717, 1.165) is 0 Å². The number of amides is 1. The number of rotatable bonds is 4. The first-order valence-corrected chi connectivity index (χ1v) is 7.87. The van der Waals surface area contributed by atoms with E-state index in [1.165, 1.54) is 0 Å². The van der Waals surface area contributed by atoms with Gasteiger partial charge in [-0.1, -0.05) is 13.8 Å². The fraction of sp³-hybridized carbons (Fsp3) is 0.846. The first kappa shape index (κ1) is 18.0. The van der Waals surface area contributed by atoms with Crippen LogP contribution in [0.4, 0.5) is 0 Å². The third-order valence-corrected chi connectivity index (χ3v) is 3.45. The van der Waals surface area contributed by atoms with Crippen LogP contribution in [0.2, 0.25) is 0 Å². The number of carbonyl (C=O) groups is 2. The number of esters is 1. The van der Waals surface area contributed by atoms with Crippen LogP contribution in [0.5, 0.6) is 0 Å². The third kappa shape index (κ3) is 6.08. The lowest BCUT2D eigenvalue weighted by molar-refractivity contribution is -0.154. The first-order chi connectivity index (χ1) is 9.51. The zero-order chi connectivity index (χ0) is 16.3. The van der Waals surface area contributed by atoms with E-state index in [1.54, 1.807) is 34.6 Å². The molecule has 21 heavy (non-hydrogen) atoms. The molecule has 120 valence electrons. The standard InChI is InChI=1S/C13H22NO6P/c1-12(2,3)19-9(15)6-7-14-11(16)10-13(4,5)8-18-21(17)20-10/h10H,6-8H2,1-5H3/p+1/t10-/m0/s1. The van der Waals surface area contributed by atoms with Crippen LogP contribution in [0.25, 0.3) is 0 Å². The maximum absolute atomic E-state index is 12.1. The van der Waals surface area contributed by atoms with Gasteiger partial charge in [0.2, 0.25) is 6.10 Å². The van der Waals surface area contributed by atoms with Crippen molar-refractivity contribution in [2.75, 3.05) is 13.2 Å². The monoisotopic (exact) mass is 320 g/mol. The number of hydrogen-bond acceptors (Lipinski definition) is 6. The average molecular weight is 320 g/mol. The molecule has 1 N–H and O–H groups in total. The Morgan fingerprint density at radius 1 is 1.38 bits per heavy atom. The second-order valence-corrected chi connectivity index (χ2v) is 7.51. The van der Waals surface area contributed by atoms with E-state index < -0.39 is 31.3 Å². The fourth-order valence-electron chi connectivity index (χ4n) is 1.73. The Hall–Kier alpha value is -1.04. The minimum Gasteiger partial charge on any atom is -0.460 e. The molecule has 0 aromatic rings. The molecule has 1 aliphatic rings. The molecule has 2 atom stereocenters. The van der Waals surface area contributed by atoms with Crippen molar-refractivity contribution >= 4 is 20.1 Å². The molecule has 1 heterocycles. The molecule has 0 aromatic carbocycles. The molecule has 7 nitrogen and oxygen atoms in total. The van der Waals surface area contributed by atoms with E-state index in [-0.39, 0.29) is 25.5 Å². The molecule has 0 aliphatic carbocycles. The molecule has 1 aliphatic heterocycles. The lowest BCUT2D eigenvalue weighted by Crippen LogP contribution is -2.48. The third-order valence-electron chi connectivity index (χ3n) is 2.73. The molecule has 1 unspecified atom stereocenters. The van der Waals surface area contributed by atoms with Gasteiger partial charge in [-0.2, -0.15) is 0 Å². The summed E-state index contributed by atoms with van der Waals surface area (Å²) in [6, 6.07) is 0. The molecule has 0 radical (unpaired) electrons. The van der Waals surface area contributed by atoms with E-state index in [2.05, 4.69) is 5.32 Å². The van der Waals surface area contributed by atoms with Gasteiger partial charge in [0.25, 0.3) is 5.91 Å². The van der Waals surface area contributed by atoms with Crippen LogP contribution >= 0.6 is 8.25 Å². The molecule has 1 rings (SSSR count). The molecular weight excluding hydrogens is 297 g/mol. The van der Waals surface area contributed by atoms with E-state index in [9.17, 15) is 14.2 Å². The molecule has 0 bridgehead atoms. The van der Waals surface area contributed by atoms with Gasteiger partial charge in [-0.15, -0.1) is 9.05 Å². The Morgan fingerprint density at radius 2 is 2.00 bits per heavy atom. The van der Waals surface area contributed by atoms with Crippen molar-refractivity contribution in [3.8, 4) is 0 Å². The molecule has 0 spiro atoms. The van der Waals surface area contributed by atoms with E-state index in [1.807, 2.05) is 0 Å². The predicted molar refractivity (Wildman–Crippen MR) is 75.7 cm³/mol. The normalized spacial score (nSPS) is 23.5. The van der Waals surface area contributed by atoms with Crippen LogP contribution in [-0.4, -0.2) is 36.7 Å². The van der Waals surface area contributed by atoms with Crippen molar-refractivity contribution in [1.82, 2.24) is 5.32 Å². The maximum atomic E-state index is 12.1. The molecule has 8 heteroatoms. The maximum Gasteiger partial charge on any atom is 0.698 e. The Labute approximate surface area is 125 Å². The zero-order valence-corrected chi connectivity index (χ0v) is 14.0. The highest BCUT2D eigenvalue weighted by Gasteiger charge is 2.50. The van der Waals surface area contributed by atoms with Crippen LogP contribution in [0.15, 0.2) is 0 Å². The molecule has 1 fully saturated rings. The second kappa shape index (κ2) is 6.81. The molecule has 0 saturated carbocycles. The summed E-state index contributed by atoms with van der Waals surface area (Å²) in [4.78, 5) is 23.6. The lowest BCUT2D eigenvalue weighted by Gasteiger charge is -2.29. The fourth-order valence-corrected chi connectivity index (χ4v) is 2.78. The van der Waals surface area contributed by atoms with Gasteiger partial charge in [-0.05, 0) is 20.8 Å². The Kier molecular flexibility index (Phi) is 5.84. The highest BCUT2D eigenvalue weighted by molar-refractivity contribution is 7.33. The van der Waals surface area contributed by atoms with Gasteiger partial charge in [-0.25, -0.2) is 0 Å². The summed E-state index contributed by atoms with van der Waals surface area (Å²) in [6.07, 6.45) is -0.799. The van der Waals surface area contributed by atoms with Gasteiger partial charge >= 0.3 is 14.2 Å². The van der Waals surface area contributed by atoms with Gasteiger partial charge in [0.05, 0.1) is 6.42 Å². The van der Waals surface area contributed by atoms with Crippen molar-refractivity contribution < 1.29 is 27.9 Å². The number of hydrogen-bond donors (Lipinski definition) is 1. The van der Waals surface area contributed by atoms with Crippen LogP contribution < -0.4 is 5.32 Å². The minimum atomic E-state index is -2.27.